The van der Waals surface area contributed by atoms with Gasteiger partial charge in [0.2, 0.25) is 5.91 Å². The number of hydrogen-bond acceptors (Lipinski definition) is 9. The number of amidine groups is 2. The summed E-state index contributed by atoms with van der Waals surface area (Å²) < 4.78 is 0. The third-order valence-corrected chi connectivity index (χ3v) is 11.4. The highest BCUT2D eigenvalue weighted by Gasteiger charge is 2.15. The molecular weight excluding hydrogens is 849 g/mol. The van der Waals surface area contributed by atoms with Gasteiger partial charge in [-0.05, 0) is 138 Å². The molecule has 0 saturated carbocycles. The minimum atomic E-state index is -0.240. The molecule has 0 aliphatic rings. The molecule has 11 nitrogen and oxygen atoms in total. The Hall–Kier alpha value is -8.00. The van der Waals surface area contributed by atoms with Gasteiger partial charge >= 0.3 is 0 Å². The molecule has 0 radical (unpaired) electrons. The number of para-hydroxylation sites is 4. The Balaban J connectivity index is 0.000000194. The monoisotopic (exact) mass is 896 g/mol. The zero-order valence-electron chi connectivity index (χ0n) is 35.6. The molecule has 8 rings (SSSR count). The lowest BCUT2D eigenvalue weighted by molar-refractivity contribution is -0.120. The minimum Gasteiger partial charge on any atom is -0.372 e. The number of anilines is 8. The first-order valence-electron chi connectivity index (χ1n) is 20.9. The second kappa shape index (κ2) is 22.9. The van der Waals surface area contributed by atoms with Crippen LogP contribution in [-0.2, 0) is 16.0 Å². The van der Waals surface area contributed by atoms with Gasteiger partial charge in [0.1, 0.15) is 11.7 Å². The van der Waals surface area contributed by atoms with Gasteiger partial charge in [0, 0.05) is 41.8 Å². The molecule has 0 aliphatic heterocycles. The number of benzene rings is 6. The molecule has 0 fully saturated rings. The lowest BCUT2D eigenvalue weighted by Crippen LogP contribution is -2.32. The number of amides is 2. The standard InChI is InChI=1S/C27H26N4OS.C25H22N4O2S/c28-27(25-13-7-19-33-25)30-22-17-15-20(16-18-22)8-6-14-26(32)31-24-12-5-4-11-23(24)29-21-9-2-1-3-10-21;1-18(30)29(22-13-9-20(10-14-22)27-19-6-3-2-4-7-19)31-23-15-11-21(12-16-23)28-25(26)24-8-5-17-32-24/h1-5,7,9-13,15-19,29H,6,8,14H2,(H2,28,30)(H,31,32);2-17,27H,1H3,(H2,26,28). The number of carbonyl (C=O) groups is 2. The molecule has 0 unspecified atom stereocenters. The zero-order valence-corrected chi connectivity index (χ0v) is 37.2. The second-order valence-corrected chi connectivity index (χ2v) is 16.5. The molecule has 65 heavy (non-hydrogen) atoms. The molecule has 2 heterocycles. The van der Waals surface area contributed by atoms with Crippen molar-refractivity contribution in [2.24, 2.45) is 0 Å². The molecule has 0 spiro atoms. The molecule has 0 saturated heterocycles. The lowest BCUT2D eigenvalue weighted by atomic mass is 10.1. The van der Waals surface area contributed by atoms with Crippen molar-refractivity contribution in [2.75, 3.05) is 31.6 Å². The van der Waals surface area contributed by atoms with Crippen molar-refractivity contribution in [2.45, 2.75) is 26.2 Å². The Morgan fingerprint density at radius 2 is 1.02 bits per heavy atom. The quantitative estimate of drug-likeness (QED) is 0.0289. The zero-order chi connectivity index (χ0) is 45.2. The Bertz CT molecular complexity index is 2750. The number of nitrogens with one attached hydrogen (secondary N) is 7. The fourth-order valence-electron chi connectivity index (χ4n) is 6.42. The lowest BCUT2D eigenvalue weighted by Gasteiger charge is -2.21. The van der Waals surface area contributed by atoms with Gasteiger partial charge in [0.05, 0.1) is 26.8 Å². The van der Waals surface area contributed by atoms with E-state index in [9.17, 15) is 9.59 Å². The van der Waals surface area contributed by atoms with Crippen molar-refractivity contribution in [3.63, 3.8) is 0 Å². The average molecular weight is 897 g/mol. The van der Waals surface area contributed by atoms with Crippen molar-refractivity contribution in [3.8, 4) is 5.75 Å². The molecule has 0 atom stereocenters. The van der Waals surface area contributed by atoms with E-state index in [0.29, 0.717) is 29.5 Å². The minimum absolute atomic E-state index is 0.00000531. The maximum Gasteiger partial charge on any atom is 0.256 e. The highest BCUT2D eigenvalue weighted by atomic mass is 32.1. The summed E-state index contributed by atoms with van der Waals surface area (Å²) in [4.78, 5) is 32.3. The summed E-state index contributed by atoms with van der Waals surface area (Å²) in [6.07, 6.45) is 2.03. The Kier molecular flexibility index (Phi) is 15.9. The maximum atomic E-state index is 12.5. The van der Waals surface area contributed by atoms with Gasteiger partial charge in [0.25, 0.3) is 5.91 Å². The summed E-state index contributed by atoms with van der Waals surface area (Å²) in [5, 5.41) is 37.2. The van der Waals surface area contributed by atoms with E-state index < -0.39 is 0 Å². The molecule has 326 valence electrons. The largest absolute Gasteiger partial charge is 0.372 e. The third kappa shape index (κ3) is 13.7. The van der Waals surface area contributed by atoms with E-state index in [-0.39, 0.29) is 11.8 Å². The van der Waals surface area contributed by atoms with Crippen LogP contribution in [0.4, 0.5) is 45.5 Å². The van der Waals surface area contributed by atoms with Crippen LogP contribution >= 0.6 is 22.7 Å². The van der Waals surface area contributed by atoms with Gasteiger partial charge in [-0.1, -0.05) is 72.8 Å². The number of thiophene rings is 2. The second-order valence-electron chi connectivity index (χ2n) is 14.6. The Morgan fingerprint density at radius 1 is 0.523 bits per heavy atom. The molecular formula is C52H48N8O3S2. The summed E-state index contributed by atoms with van der Waals surface area (Å²) in [5.41, 5.74) is 7.96. The van der Waals surface area contributed by atoms with E-state index >= 15 is 0 Å². The van der Waals surface area contributed by atoms with Crippen molar-refractivity contribution >= 4 is 91.7 Å². The number of aryl methyl sites for hydroxylation is 1. The van der Waals surface area contributed by atoms with Gasteiger partial charge in [0.15, 0.2) is 5.75 Å². The summed E-state index contributed by atoms with van der Waals surface area (Å²) in [6.45, 7) is 1.45. The Labute approximate surface area is 386 Å². The highest BCUT2D eigenvalue weighted by Crippen LogP contribution is 2.27. The molecule has 8 aromatic rings. The number of rotatable bonds is 16. The summed E-state index contributed by atoms with van der Waals surface area (Å²) >= 11 is 3.04. The molecule has 2 aromatic heterocycles. The SMILES string of the molecule is CC(=O)N(Oc1ccc(NC(=N)c2cccs2)cc1)c1ccc(Nc2ccccc2)cc1.N=C(Nc1ccc(CCCC(=O)Nc2ccccc2Nc2ccccc2)cc1)c1cccs1. The average Bonchev–Trinajstić information content (AvgIpc) is 4.08. The van der Waals surface area contributed by atoms with Gasteiger partial charge in [-0.2, -0.15) is 0 Å². The topological polar surface area (TPSA) is 154 Å². The maximum absolute atomic E-state index is 12.5. The molecule has 7 N–H and O–H groups in total. The van der Waals surface area contributed by atoms with Gasteiger partial charge < -0.3 is 31.4 Å². The predicted octanol–water partition coefficient (Wildman–Crippen LogP) is 13.2. The van der Waals surface area contributed by atoms with Crippen molar-refractivity contribution in [1.29, 1.82) is 10.8 Å². The van der Waals surface area contributed by atoms with E-state index in [2.05, 4.69) is 26.6 Å². The normalized spacial score (nSPS) is 10.4. The fourth-order valence-corrected chi connectivity index (χ4v) is 7.68. The highest BCUT2D eigenvalue weighted by molar-refractivity contribution is 7.12. The van der Waals surface area contributed by atoms with Crippen LogP contribution in [0, 0.1) is 10.8 Å². The molecule has 0 bridgehead atoms. The van der Waals surface area contributed by atoms with Crippen LogP contribution in [-0.4, -0.2) is 23.5 Å². The first-order chi connectivity index (χ1) is 31.8. The van der Waals surface area contributed by atoms with E-state index in [1.807, 2.05) is 181 Å². The van der Waals surface area contributed by atoms with Crippen molar-refractivity contribution in [3.05, 3.63) is 208 Å². The summed E-state index contributed by atoms with van der Waals surface area (Å²) in [5.74, 6) is 1.01. The van der Waals surface area contributed by atoms with E-state index in [4.69, 9.17) is 15.7 Å². The molecule has 0 aliphatic carbocycles. The van der Waals surface area contributed by atoms with E-state index in [1.54, 1.807) is 12.1 Å². The van der Waals surface area contributed by atoms with Crippen molar-refractivity contribution in [1.82, 2.24) is 0 Å². The van der Waals surface area contributed by atoms with Gasteiger partial charge in [-0.15, -0.1) is 27.7 Å². The third-order valence-electron chi connectivity index (χ3n) is 9.65. The number of carbonyl (C=O) groups excluding carboxylic acids is 2. The molecule has 6 aromatic carbocycles. The van der Waals surface area contributed by atoms with Crippen LogP contribution in [0.15, 0.2) is 193 Å². The van der Waals surface area contributed by atoms with Crippen LogP contribution in [0.3, 0.4) is 0 Å². The van der Waals surface area contributed by atoms with Crippen LogP contribution in [0.25, 0.3) is 0 Å². The van der Waals surface area contributed by atoms with Gasteiger partial charge in [-0.25, -0.2) is 0 Å². The fraction of sp³-hybridized carbons (Fsp3) is 0.0769. The number of hydroxylamine groups is 1. The first-order valence-corrected chi connectivity index (χ1v) is 22.6. The van der Waals surface area contributed by atoms with Crippen LogP contribution < -0.4 is 36.5 Å². The van der Waals surface area contributed by atoms with Crippen LogP contribution in [0.5, 0.6) is 5.75 Å². The number of nitrogens with zero attached hydrogens (tertiary/aromatic N) is 1. The predicted molar refractivity (Wildman–Crippen MR) is 270 cm³/mol. The molecule has 2 amide bonds. The summed E-state index contributed by atoms with van der Waals surface area (Å²) in [7, 11) is 0. The summed E-state index contributed by atoms with van der Waals surface area (Å²) in [6, 6.07) is 57.8. The number of hydrogen-bond donors (Lipinski definition) is 7. The van der Waals surface area contributed by atoms with Crippen LogP contribution in [0.2, 0.25) is 0 Å². The smallest absolute Gasteiger partial charge is 0.256 e. The van der Waals surface area contributed by atoms with E-state index in [1.165, 1.54) is 40.2 Å². The van der Waals surface area contributed by atoms with Crippen molar-refractivity contribution < 1.29 is 14.4 Å². The van der Waals surface area contributed by atoms with E-state index in [0.717, 1.165) is 62.4 Å². The van der Waals surface area contributed by atoms with Gasteiger partial charge in [-0.3, -0.25) is 20.4 Å². The first kappa shape index (κ1) is 45.0. The Morgan fingerprint density at radius 3 is 1.55 bits per heavy atom. The van der Waals surface area contributed by atoms with Crippen LogP contribution in [0.1, 0.15) is 35.1 Å². The molecule has 13 heteroatoms.